The van der Waals surface area contributed by atoms with E-state index >= 15 is 0 Å². The van der Waals surface area contributed by atoms with Crippen molar-refractivity contribution in [2.24, 2.45) is 0 Å². The summed E-state index contributed by atoms with van der Waals surface area (Å²) in [7, 11) is 0. The summed E-state index contributed by atoms with van der Waals surface area (Å²) in [6.07, 6.45) is 0. The zero-order chi connectivity index (χ0) is 41.7. The number of hydrogen-bond donors (Lipinski definition) is 0. The van der Waals surface area contributed by atoms with Gasteiger partial charge >= 0.3 is 0 Å². The minimum atomic E-state index is 1.09. The molecule has 2 aromatic heterocycles. The van der Waals surface area contributed by atoms with Crippen LogP contribution in [-0.4, -0.2) is 4.57 Å². The second-order valence-electron chi connectivity index (χ2n) is 16.1. The van der Waals surface area contributed by atoms with Crippen molar-refractivity contribution in [2.45, 2.75) is 0 Å². The zero-order valence-electron chi connectivity index (χ0n) is 34.4. The van der Waals surface area contributed by atoms with E-state index in [0.717, 1.165) is 28.2 Å². The highest BCUT2D eigenvalue weighted by Crippen LogP contribution is 2.45. The molecule has 10 aromatic carbocycles. The van der Waals surface area contributed by atoms with Gasteiger partial charge in [-0.25, -0.2) is 0 Å². The number of hydrogen-bond acceptors (Lipinski definition) is 2. The summed E-state index contributed by atoms with van der Waals surface area (Å²) in [5, 5.41) is 5.11. The Morgan fingerprint density at radius 1 is 0.317 bits per heavy atom. The lowest BCUT2D eigenvalue weighted by atomic mass is 9.94. The molecule has 2 heterocycles. The monoisotopic (exact) mass is 820 g/mol. The summed E-state index contributed by atoms with van der Waals surface area (Å²) in [5.74, 6) is 0. The Bertz CT molecular complexity index is 3520. The summed E-state index contributed by atoms with van der Waals surface area (Å²) in [4.78, 5) is 2.40. The van der Waals surface area contributed by atoms with Crippen molar-refractivity contribution >= 4 is 70.4 Å². The number of anilines is 3. The second kappa shape index (κ2) is 15.5. The number of aromatic nitrogens is 1. The van der Waals surface area contributed by atoms with Crippen molar-refractivity contribution in [3.05, 3.63) is 243 Å². The van der Waals surface area contributed by atoms with Crippen LogP contribution in [0.25, 0.3) is 92.2 Å². The van der Waals surface area contributed by atoms with Gasteiger partial charge in [-0.15, -0.1) is 11.3 Å². The van der Waals surface area contributed by atoms with E-state index in [2.05, 4.69) is 252 Å². The molecule has 12 rings (SSSR count). The lowest BCUT2D eigenvalue weighted by Crippen LogP contribution is -2.11. The number of thiophene rings is 1. The van der Waals surface area contributed by atoms with E-state index in [1.54, 1.807) is 0 Å². The van der Waals surface area contributed by atoms with Crippen LogP contribution in [0.4, 0.5) is 17.1 Å². The Kier molecular flexibility index (Phi) is 9.06. The normalized spacial score (nSPS) is 11.5. The molecular weight excluding hydrogens is 781 g/mol. The van der Waals surface area contributed by atoms with Crippen LogP contribution in [0.1, 0.15) is 0 Å². The third kappa shape index (κ3) is 6.50. The SMILES string of the molecule is c1ccc(-c2ccc(N(c3ccc(-c4ccccc4)cc3)c3ccccc3-c3cccc(-c4cccc5c4c4ccccc4n5-c4ccc5sc6ccccc6c5c4)c3)cc2)cc1. The largest absolute Gasteiger partial charge is 0.310 e. The average Bonchev–Trinajstić information content (AvgIpc) is 3.91. The second-order valence-corrected chi connectivity index (χ2v) is 17.2. The van der Waals surface area contributed by atoms with E-state index in [-0.39, 0.29) is 0 Å². The Labute approximate surface area is 370 Å². The first-order valence-electron chi connectivity index (χ1n) is 21.5. The first-order chi connectivity index (χ1) is 31.2. The molecule has 0 unspecified atom stereocenters. The van der Waals surface area contributed by atoms with Crippen molar-refractivity contribution in [1.29, 1.82) is 0 Å². The van der Waals surface area contributed by atoms with Crippen LogP contribution < -0.4 is 4.90 Å². The highest BCUT2D eigenvalue weighted by Gasteiger charge is 2.20. The molecule has 0 aliphatic carbocycles. The number of fused-ring (bicyclic) bond motifs is 6. The molecule has 0 aliphatic rings. The first kappa shape index (κ1) is 36.8. The number of benzene rings is 10. The van der Waals surface area contributed by atoms with Crippen molar-refractivity contribution < 1.29 is 0 Å². The van der Waals surface area contributed by atoms with Crippen LogP contribution in [-0.2, 0) is 0 Å². The lowest BCUT2D eigenvalue weighted by molar-refractivity contribution is 1.19. The van der Waals surface area contributed by atoms with E-state index in [1.165, 1.54) is 81.0 Å². The highest BCUT2D eigenvalue weighted by molar-refractivity contribution is 7.25. The molecule has 0 bridgehead atoms. The van der Waals surface area contributed by atoms with Crippen LogP contribution in [0.15, 0.2) is 243 Å². The third-order valence-corrected chi connectivity index (χ3v) is 13.6. The molecule has 2 nitrogen and oxygen atoms in total. The van der Waals surface area contributed by atoms with E-state index in [4.69, 9.17) is 0 Å². The molecule has 12 aromatic rings. The molecule has 0 fully saturated rings. The number of nitrogens with zero attached hydrogens (tertiary/aromatic N) is 2. The van der Waals surface area contributed by atoms with Gasteiger partial charge in [0, 0.05) is 53.6 Å². The van der Waals surface area contributed by atoms with Crippen LogP contribution in [0, 0.1) is 0 Å². The van der Waals surface area contributed by atoms with Gasteiger partial charge in [-0.1, -0.05) is 170 Å². The van der Waals surface area contributed by atoms with Gasteiger partial charge in [0.25, 0.3) is 0 Å². The maximum atomic E-state index is 2.45. The van der Waals surface area contributed by atoms with Crippen LogP contribution >= 0.6 is 11.3 Å². The van der Waals surface area contributed by atoms with Crippen molar-refractivity contribution in [2.75, 3.05) is 4.90 Å². The van der Waals surface area contributed by atoms with Crippen LogP contribution in [0.2, 0.25) is 0 Å². The van der Waals surface area contributed by atoms with Gasteiger partial charge < -0.3 is 9.47 Å². The van der Waals surface area contributed by atoms with Gasteiger partial charge in [0.15, 0.2) is 0 Å². The minimum Gasteiger partial charge on any atom is -0.310 e. The van der Waals surface area contributed by atoms with E-state index in [1.807, 2.05) is 11.3 Å². The van der Waals surface area contributed by atoms with E-state index in [9.17, 15) is 0 Å². The highest BCUT2D eigenvalue weighted by atomic mass is 32.1. The predicted octanol–water partition coefficient (Wildman–Crippen LogP) is 17.3. The van der Waals surface area contributed by atoms with Crippen molar-refractivity contribution in [1.82, 2.24) is 4.57 Å². The third-order valence-electron chi connectivity index (χ3n) is 12.4. The molecule has 0 aliphatic heterocycles. The molecule has 296 valence electrons. The van der Waals surface area contributed by atoms with Gasteiger partial charge in [-0.3, -0.25) is 0 Å². The smallest absolute Gasteiger partial charge is 0.0547 e. The summed E-state index contributed by atoms with van der Waals surface area (Å²) >= 11 is 1.86. The molecule has 0 amide bonds. The van der Waals surface area contributed by atoms with E-state index in [0.29, 0.717) is 0 Å². The molecule has 63 heavy (non-hydrogen) atoms. The Balaban J connectivity index is 0.991. The summed E-state index contributed by atoms with van der Waals surface area (Å²) < 4.78 is 5.08. The fourth-order valence-electron chi connectivity index (χ4n) is 9.45. The quantitative estimate of drug-likeness (QED) is 0.148. The maximum absolute atomic E-state index is 2.45. The van der Waals surface area contributed by atoms with Gasteiger partial charge in [0.1, 0.15) is 0 Å². The molecule has 0 N–H and O–H groups in total. The fourth-order valence-corrected chi connectivity index (χ4v) is 10.5. The molecule has 0 saturated heterocycles. The van der Waals surface area contributed by atoms with Gasteiger partial charge in [0.05, 0.1) is 16.7 Å². The Hall–Kier alpha value is -7.98. The van der Waals surface area contributed by atoms with Crippen molar-refractivity contribution in [3.8, 4) is 50.2 Å². The molecular formula is C60H40N2S. The molecule has 0 spiro atoms. The van der Waals surface area contributed by atoms with Gasteiger partial charge in [0.2, 0.25) is 0 Å². The average molecular weight is 821 g/mol. The number of para-hydroxylation sites is 2. The van der Waals surface area contributed by atoms with E-state index < -0.39 is 0 Å². The fraction of sp³-hybridized carbons (Fsp3) is 0. The van der Waals surface area contributed by atoms with Crippen LogP contribution in [0.5, 0.6) is 0 Å². The molecule has 3 heteroatoms. The molecule has 0 saturated carbocycles. The predicted molar refractivity (Wildman–Crippen MR) is 270 cm³/mol. The summed E-state index contributed by atoms with van der Waals surface area (Å²) in [6, 6.07) is 88.3. The topological polar surface area (TPSA) is 8.17 Å². The van der Waals surface area contributed by atoms with Crippen LogP contribution in [0.3, 0.4) is 0 Å². The van der Waals surface area contributed by atoms with Crippen molar-refractivity contribution in [3.63, 3.8) is 0 Å². The lowest BCUT2D eigenvalue weighted by Gasteiger charge is -2.28. The zero-order valence-corrected chi connectivity index (χ0v) is 35.2. The van der Waals surface area contributed by atoms with Gasteiger partial charge in [-0.05, 0) is 112 Å². The number of rotatable bonds is 8. The first-order valence-corrected chi connectivity index (χ1v) is 22.3. The maximum Gasteiger partial charge on any atom is 0.0547 e. The summed E-state index contributed by atoms with van der Waals surface area (Å²) in [5.41, 5.74) is 16.4. The summed E-state index contributed by atoms with van der Waals surface area (Å²) in [6.45, 7) is 0. The minimum absolute atomic E-state index is 1.09. The van der Waals surface area contributed by atoms with Gasteiger partial charge in [-0.2, -0.15) is 0 Å². The standard InChI is InChI=1S/C60H40N2S/c1-3-15-41(16-4-1)43-29-33-47(34-30-43)61(48-35-31-44(32-36-48)42-17-5-2-6-18-42)55-25-10-7-21-50(55)45-19-13-20-46(39-45)51-24-14-27-57-60(51)53-23-8-11-26-56(53)62(57)49-37-38-59-54(40-49)52-22-9-12-28-58(52)63-59/h1-40H. The molecule has 0 atom stereocenters. The Morgan fingerprint density at radius 2 is 0.825 bits per heavy atom. The Morgan fingerprint density at radius 3 is 1.54 bits per heavy atom. The molecule has 0 radical (unpaired) electrons.